The van der Waals surface area contributed by atoms with Crippen LogP contribution in [-0.4, -0.2) is 45.2 Å². The molecule has 0 amide bonds. The quantitative estimate of drug-likeness (QED) is 0.834. The van der Waals surface area contributed by atoms with Crippen LogP contribution in [0.15, 0.2) is 17.0 Å². The maximum Gasteiger partial charge on any atom is 0.243 e. The second-order valence-electron chi connectivity index (χ2n) is 5.97. The summed E-state index contributed by atoms with van der Waals surface area (Å²) in [7, 11) is -6.81. The molecule has 2 rings (SSSR count). The first-order valence-corrected chi connectivity index (χ1v) is 10.6. The van der Waals surface area contributed by atoms with Crippen molar-refractivity contribution in [1.82, 2.24) is 4.31 Å². The van der Waals surface area contributed by atoms with Gasteiger partial charge < -0.3 is 0 Å². The van der Waals surface area contributed by atoms with E-state index in [1.54, 1.807) is 19.9 Å². The summed E-state index contributed by atoms with van der Waals surface area (Å²) in [6.07, 6.45) is 0.374. The average molecular weight is 345 g/mol. The summed E-state index contributed by atoms with van der Waals surface area (Å²) in [5.74, 6) is -0.0143. The van der Waals surface area contributed by atoms with Gasteiger partial charge in [0.25, 0.3) is 0 Å². The van der Waals surface area contributed by atoms with Crippen LogP contribution in [0.25, 0.3) is 0 Å². The van der Waals surface area contributed by atoms with Gasteiger partial charge in [0, 0.05) is 12.6 Å². The first-order chi connectivity index (χ1) is 10.1. The van der Waals surface area contributed by atoms with E-state index in [4.69, 9.17) is 0 Å². The smallest absolute Gasteiger partial charge is 0.229 e. The van der Waals surface area contributed by atoms with E-state index >= 15 is 0 Å². The lowest BCUT2D eigenvalue weighted by Crippen LogP contribution is -2.41. The zero-order valence-electron chi connectivity index (χ0n) is 13.5. The van der Waals surface area contributed by atoms with Crippen molar-refractivity contribution in [2.24, 2.45) is 0 Å². The van der Waals surface area contributed by atoms with Crippen LogP contribution in [0, 0.1) is 20.8 Å². The predicted octanol–water partition coefficient (Wildman–Crippen LogP) is 1.81. The first kappa shape index (κ1) is 17.4. The van der Waals surface area contributed by atoms with Gasteiger partial charge in [-0.3, -0.25) is 0 Å². The molecule has 0 bridgehead atoms. The van der Waals surface area contributed by atoms with Crippen LogP contribution >= 0.6 is 0 Å². The van der Waals surface area contributed by atoms with Crippen molar-refractivity contribution >= 4 is 19.9 Å². The summed E-state index contributed by atoms with van der Waals surface area (Å²) in [5.41, 5.74) is 2.66. The largest absolute Gasteiger partial charge is 0.243 e. The predicted molar refractivity (Wildman–Crippen MR) is 87.3 cm³/mol. The van der Waals surface area contributed by atoms with Gasteiger partial charge in [0.05, 0.1) is 16.4 Å². The fourth-order valence-corrected chi connectivity index (χ4v) is 6.75. The molecule has 1 atom stereocenters. The van der Waals surface area contributed by atoms with Crippen molar-refractivity contribution < 1.29 is 16.8 Å². The average Bonchev–Trinajstić information content (AvgIpc) is 2.74. The van der Waals surface area contributed by atoms with E-state index in [1.807, 2.05) is 19.9 Å². The Morgan fingerprint density at radius 3 is 2.23 bits per heavy atom. The molecule has 1 aromatic carbocycles. The van der Waals surface area contributed by atoms with Crippen LogP contribution < -0.4 is 0 Å². The monoisotopic (exact) mass is 345 g/mol. The van der Waals surface area contributed by atoms with E-state index in [0.29, 0.717) is 12.0 Å². The van der Waals surface area contributed by atoms with E-state index in [-0.39, 0.29) is 22.9 Å². The maximum atomic E-state index is 13.0. The normalized spacial score (nSPS) is 21.4. The molecule has 0 saturated carbocycles. The zero-order chi connectivity index (χ0) is 16.7. The molecule has 1 aliphatic rings. The second kappa shape index (κ2) is 5.94. The Balaban J connectivity index is 2.46. The molecule has 0 aromatic heterocycles. The highest BCUT2D eigenvalue weighted by Gasteiger charge is 2.38. The molecule has 5 nitrogen and oxygen atoms in total. The minimum Gasteiger partial charge on any atom is -0.229 e. The van der Waals surface area contributed by atoms with Gasteiger partial charge >= 0.3 is 0 Å². The fraction of sp³-hybridized carbons (Fsp3) is 0.600. The zero-order valence-corrected chi connectivity index (χ0v) is 15.1. The summed E-state index contributed by atoms with van der Waals surface area (Å²) in [4.78, 5) is 0.279. The SMILES string of the molecule is CCN([C@H]1CCS(=O)(=O)C1)S(=O)(=O)c1cc(C)c(C)cc1C. The Bertz CT molecular complexity index is 782. The maximum absolute atomic E-state index is 13.0. The number of nitrogens with zero attached hydrogens (tertiary/aromatic N) is 1. The van der Waals surface area contributed by atoms with Crippen LogP contribution in [0.3, 0.4) is 0 Å². The van der Waals surface area contributed by atoms with Crippen LogP contribution in [-0.2, 0) is 19.9 Å². The summed E-state index contributed by atoms with van der Waals surface area (Å²) >= 11 is 0. The Labute approximate surface area is 133 Å². The summed E-state index contributed by atoms with van der Waals surface area (Å²) < 4.78 is 50.6. The number of sulfonamides is 1. The van der Waals surface area contributed by atoms with Gasteiger partial charge in [0.2, 0.25) is 10.0 Å². The van der Waals surface area contributed by atoms with Crippen molar-refractivity contribution in [2.75, 3.05) is 18.1 Å². The fourth-order valence-electron chi connectivity index (χ4n) is 2.97. The lowest BCUT2D eigenvalue weighted by atomic mass is 10.1. The van der Waals surface area contributed by atoms with Crippen LogP contribution in [0.2, 0.25) is 0 Å². The number of benzene rings is 1. The van der Waals surface area contributed by atoms with Gasteiger partial charge in [-0.1, -0.05) is 13.0 Å². The third-order valence-electron chi connectivity index (χ3n) is 4.31. The van der Waals surface area contributed by atoms with Gasteiger partial charge in [-0.05, 0) is 49.9 Å². The van der Waals surface area contributed by atoms with E-state index < -0.39 is 25.9 Å². The lowest BCUT2D eigenvalue weighted by molar-refractivity contribution is 0.354. The molecule has 1 fully saturated rings. The Morgan fingerprint density at radius 1 is 1.14 bits per heavy atom. The number of aryl methyl sites for hydroxylation is 3. The molecule has 0 N–H and O–H groups in total. The molecule has 22 heavy (non-hydrogen) atoms. The molecular weight excluding hydrogens is 322 g/mol. The number of rotatable bonds is 4. The molecule has 1 aromatic rings. The molecule has 0 unspecified atom stereocenters. The Hall–Kier alpha value is -0.920. The Morgan fingerprint density at radius 2 is 1.73 bits per heavy atom. The molecule has 1 aliphatic heterocycles. The lowest BCUT2D eigenvalue weighted by Gasteiger charge is -2.27. The number of hydrogen-bond acceptors (Lipinski definition) is 4. The number of sulfone groups is 1. The van der Waals surface area contributed by atoms with E-state index in [0.717, 1.165) is 11.1 Å². The van der Waals surface area contributed by atoms with Gasteiger partial charge in [-0.15, -0.1) is 0 Å². The molecule has 0 radical (unpaired) electrons. The van der Waals surface area contributed by atoms with Crippen LogP contribution in [0.5, 0.6) is 0 Å². The van der Waals surface area contributed by atoms with E-state index in [2.05, 4.69) is 0 Å². The standard InChI is InChI=1S/C15H23NO4S2/c1-5-16(14-6-7-21(17,18)10-14)22(19,20)15-9-12(3)11(2)8-13(15)4/h8-9,14H,5-7,10H2,1-4H3/t14-/m0/s1. The van der Waals surface area contributed by atoms with Crippen LogP contribution in [0.4, 0.5) is 0 Å². The summed E-state index contributed by atoms with van der Waals surface area (Å²) in [5, 5.41) is 0. The van der Waals surface area contributed by atoms with E-state index in [9.17, 15) is 16.8 Å². The van der Waals surface area contributed by atoms with Crippen molar-refractivity contribution in [3.8, 4) is 0 Å². The highest BCUT2D eigenvalue weighted by Crippen LogP contribution is 2.28. The molecule has 1 saturated heterocycles. The topological polar surface area (TPSA) is 71.5 Å². The summed E-state index contributed by atoms with van der Waals surface area (Å²) in [6, 6.07) is 3.09. The van der Waals surface area contributed by atoms with Crippen molar-refractivity contribution in [1.29, 1.82) is 0 Å². The minimum atomic E-state index is -3.69. The van der Waals surface area contributed by atoms with E-state index in [1.165, 1.54) is 4.31 Å². The van der Waals surface area contributed by atoms with Crippen molar-refractivity contribution in [3.05, 3.63) is 28.8 Å². The van der Waals surface area contributed by atoms with Gasteiger partial charge in [0.1, 0.15) is 0 Å². The third kappa shape index (κ3) is 3.21. The van der Waals surface area contributed by atoms with Gasteiger partial charge in [-0.25, -0.2) is 16.8 Å². The van der Waals surface area contributed by atoms with Gasteiger partial charge in [-0.2, -0.15) is 4.31 Å². The second-order valence-corrected chi connectivity index (χ2v) is 10.1. The van der Waals surface area contributed by atoms with Gasteiger partial charge in [0.15, 0.2) is 9.84 Å². The first-order valence-electron chi connectivity index (χ1n) is 7.38. The minimum absolute atomic E-state index is 0.0651. The Kier molecular flexibility index (Phi) is 4.71. The summed E-state index contributed by atoms with van der Waals surface area (Å²) in [6.45, 7) is 7.62. The number of hydrogen-bond donors (Lipinski definition) is 0. The molecular formula is C15H23NO4S2. The highest BCUT2D eigenvalue weighted by molar-refractivity contribution is 7.92. The molecule has 7 heteroatoms. The van der Waals surface area contributed by atoms with Crippen molar-refractivity contribution in [2.45, 2.75) is 45.1 Å². The van der Waals surface area contributed by atoms with Crippen LogP contribution in [0.1, 0.15) is 30.0 Å². The molecule has 1 heterocycles. The highest BCUT2D eigenvalue weighted by atomic mass is 32.2. The molecule has 0 aliphatic carbocycles. The third-order valence-corrected chi connectivity index (χ3v) is 8.23. The van der Waals surface area contributed by atoms with Crippen molar-refractivity contribution in [3.63, 3.8) is 0 Å². The molecule has 124 valence electrons. The molecule has 0 spiro atoms.